The minimum atomic E-state index is 0.162. The maximum absolute atomic E-state index is 8.87. The molecule has 0 fully saturated rings. The Morgan fingerprint density at radius 2 is 2.14 bits per heavy atom. The Labute approximate surface area is 85.7 Å². The summed E-state index contributed by atoms with van der Waals surface area (Å²) in [6, 6.07) is 2.35. The van der Waals surface area contributed by atoms with Crippen LogP contribution in [0.2, 0.25) is 0 Å². The molecular formula is C11H20N2O. The van der Waals surface area contributed by atoms with Gasteiger partial charge in [-0.2, -0.15) is 0 Å². The number of hydrogen-bond acceptors (Lipinski definition) is 2. The van der Waals surface area contributed by atoms with E-state index in [9.17, 15) is 0 Å². The van der Waals surface area contributed by atoms with Gasteiger partial charge in [-0.3, -0.25) is 0 Å². The minimum absolute atomic E-state index is 0.162. The van der Waals surface area contributed by atoms with Crippen LogP contribution in [0.4, 0.5) is 0 Å². The van der Waals surface area contributed by atoms with E-state index in [0.717, 1.165) is 6.54 Å². The summed E-state index contributed by atoms with van der Waals surface area (Å²) in [5.41, 5.74) is 3.88. The van der Waals surface area contributed by atoms with Crippen LogP contribution >= 0.6 is 0 Å². The molecule has 1 aromatic heterocycles. The molecule has 0 amide bonds. The Kier molecular flexibility index (Phi) is 3.72. The highest BCUT2D eigenvalue weighted by Crippen LogP contribution is 2.12. The van der Waals surface area contributed by atoms with Gasteiger partial charge in [0.15, 0.2) is 0 Å². The van der Waals surface area contributed by atoms with Crippen molar-refractivity contribution in [2.75, 3.05) is 6.61 Å². The van der Waals surface area contributed by atoms with Crippen molar-refractivity contribution in [1.82, 2.24) is 9.88 Å². The molecule has 0 radical (unpaired) electrons. The molecule has 1 aromatic rings. The van der Waals surface area contributed by atoms with E-state index in [2.05, 4.69) is 36.8 Å². The molecule has 14 heavy (non-hydrogen) atoms. The molecule has 0 saturated heterocycles. The summed E-state index contributed by atoms with van der Waals surface area (Å²) >= 11 is 0. The minimum Gasteiger partial charge on any atom is -0.395 e. The molecule has 0 spiro atoms. The predicted octanol–water partition coefficient (Wildman–Crippen LogP) is 1.11. The normalized spacial score (nSPS) is 13.2. The van der Waals surface area contributed by atoms with Crippen LogP contribution in [-0.2, 0) is 13.6 Å². The van der Waals surface area contributed by atoms with Gasteiger partial charge in [-0.05, 0) is 32.4 Å². The van der Waals surface area contributed by atoms with Crippen LogP contribution in [-0.4, -0.2) is 22.3 Å². The molecule has 0 aromatic carbocycles. The summed E-state index contributed by atoms with van der Waals surface area (Å²) in [6.07, 6.45) is 0. The second kappa shape index (κ2) is 4.62. The molecule has 0 saturated carbocycles. The number of aromatic nitrogens is 1. The molecule has 0 aliphatic rings. The van der Waals surface area contributed by atoms with Gasteiger partial charge in [-0.25, -0.2) is 0 Å². The third-order valence-corrected chi connectivity index (χ3v) is 2.79. The van der Waals surface area contributed by atoms with Crippen molar-refractivity contribution < 1.29 is 5.11 Å². The molecular weight excluding hydrogens is 176 g/mol. The zero-order valence-electron chi connectivity index (χ0n) is 9.46. The quantitative estimate of drug-likeness (QED) is 0.757. The third kappa shape index (κ3) is 2.36. The first-order chi connectivity index (χ1) is 6.56. The largest absolute Gasteiger partial charge is 0.395 e. The van der Waals surface area contributed by atoms with Crippen LogP contribution in [0.1, 0.15) is 23.9 Å². The lowest BCUT2D eigenvalue weighted by molar-refractivity contribution is 0.251. The Morgan fingerprint density at radius 1 is 1.50 bits per heavy atom. The van der Waals surface area contributed by atoms with E-state index >= 15 is 0 Å². The molecule has 1 rings (SSSR count). The molecule has 2 N–H and O–H groups in total. The van der Waals surface area contributed by atoms with Crippen LogP contribution in [0.5, 0.6) is 0 Å². The molecule has 0 aliphatic carbocycles. The molecule has 0 bridgehead atoms. The Bertz CT molecular complexity index is 304. The highest BCUT2D eigenvalue weighted by Gasteiger charge is 2.06. The fourth-order valence-electron chi connectivity index (χ4n) is 1.46. The predicted molar refractivity (Wildman–Crippen MR) is 58.3 cm³/mol. The van der Waals surface area contributed by atoms with E-state index in [4.69, 9.17) is 5.11 Å². The van der Waals surface area contributed by atoms with E-state index in [1.54, 1.807) is 0 Å². The molecule has 1 atom stereocenters. The van der Waals surface area contributed by atoms with Crippen molar-refractivity contribution in [3.05, 3.63) is 23.0 Å². The number of hydrogen-bond donors (Lipinski definition) is 2. The van der Waals surface area contributed by atoms with Crippen LogP contribution < -0.4 is 5.32 Å². The second-order valence-electron chi connectivity index (χ2n) is 3.92. The lowest BCUT2D eigenvalue weighted by Crippen LogP contribution is -2.28. The van der Waals surface area contributed by atoms with Crippen LogP contribution in [0, 0.1) is 13.8 Å². The maximum atomic E-state index is 8.87. The van der Waals surface area contributed by atoms with E-state index in [0.29, 0.717) is 0 Å². The average Bonchev–Trinajstić information content (AvgIpc) is 2.42. The van der Waals surface area contributed by atoms with Gasteiger partial charge in [0.2, 0.25) is 0 Å². The van der Waals surface area contributed by atoms with Gasteiger partial charge in [0.25, 0.3) is 0 Å². The maximum Gasteiger partial charge on any atom is 0.0582 e. The van der Waals surface area contributed by atoms with Crippen LogP contribution in [0.3, 0.4) is 0 Å². The lowest BCUT2D eigenvalue weighted by atomic mass is 10.2. The summed E-state index contributed by atoms with van der Waals surface area (Å²) in [5.74, 6) is 0. The highest BCUT2D eigenvalue weighted by atomic mass is 16.3. The van der Waals surface area contributed by atoms with Crippen LogP contribution in [0.25, 0.3) is 0 Å². The number of aryl methyl sites for hydroxylation is 1. The van der Waals surface area contributed by atoms with Crippen molar-refractivity contribution in [3.8, 4) is 0 Å². The van der Waals surface area contributed by atoms with Gasteiger partial charge >= 0.3 is 0 Å². The summed E-state index contributed by atoms with van der Waals surface area (Å²) in [5, 5.41) is 12.1. The van der Waals surface area contributed by atoms with E-state index in [-0.39, 0.29) is 12.6 Å². The van der Waals surface area contributed by atoms with Gasteiger partial charge in [0.05, 0.1) is 6.61 Å². The SMILES string of the molecule is Cc1cc(CN[C@H](C)CO)c(C)n1C. The number of nitrogens with one attached hydrogen (secondary N) is 1. The molecule has 1 heterocycles. The summed E-state index contributed by atoms with van der Waals surface area (Å²) in [6.45, 7) is 7.21. The van der Waals surface area contributed by atoms with Crippen molar-refractivity contribution in [2.24, 2.45) is 7.05 Å². The lowest BCUT2D eigenvalue weighted by Gasteiger charge is -2.10. The molecule has 3 heteroatoms. The zero-order valence-corrected chi connectivity index (χ0v) is 9.46. The number of nitrogens with zero attached hydrogens (tertiary/aromatic N) is 1. The summed E-state index contributed by atoms with van der Waals surface area (Å²) in [4.78, 5) is 0. The Morgan fingerprint density at radius 3 is 2.57 bits per heavy atom. The average molecular weight is 196 g/mol. The molecule has 3 nitrogen and oxygen atoms in total. The van der Waals surface area contributed by atoms with Crippen LogP contribution in [0.15, 0.2) is 6.07 Å². The first kappa shape index (κ1) is 11.3. The highest BCUT2D eigenvalue weighted by molar-refractivity contribution is 5.26. The fourth-order valence-corrected chi connectivity index (χ4v) is 1.46. The summed E-state index contributed by atoms with van der Waals surface area (Å²) < 4.78 is 2.18. The fraction of sp³-hybridized carbons (Fsp3) is 0.636. The zero-order chi connectivity index (χ0) is 10.7. The monoisotopic (exact) mass is 196 g/mol. The molecule has 80 valence electrons. The van der Waals surface area contributed by atoms with Gasteiger partial charge in [-0.1, -0.05) is 0 Å². The van der Waals surface area contributed by atoms with E-state index < -0.39 is 0 Å². The van der Waals surface area contributed by atoms with Crippen molar-refractivity contribution in [1.29, 1.82) is 0 Å². The third-order valence-electron chi connectivity index (χ3n) is 2.79. The second-order valence-corrected chi connectivity index (χ2v) is 3.92. The van der Waals surface area contributed by atoms with Gasteiger partial charge in [0.1, 0.15) is 0 Å². The standard InChI is InChI=1S/C11H20N2O/c1-8(7-14)12-6-11-5-9(2)13(4)10(11)3/h5,8,12,14H,6-7H2,1-4H3/t8-/m1/s1. The smallest absolute Gasteiger partial charge is 0.0582 e. The Balaban J connectivity index is 2.63. The van der Waals surface area contributed by atoms with Crippen molar-refractivity contribution in [3.63, 3.8) is 0 Å². The summed E-state index contributed by atoms with van der Waals surface area (Å²) in [7, 11) is 2.07. The first-order valence-electron chi connectivity index (χ1n) is 5.02. The van der Waals surface area contributed by atoms with Crippen molar-refractivity contribution >= 4 is 0 Å². The Hall–Kier alpha value is -0.800. The van der Waals surface area contributed by atoms with E-state index in [1.165, 1.54) is 17.0 Å². The molecule has 0 aliphatic heterocycles. The number of aliphatic hydroxyl groups excluding tert-OH is 1. The first-order valence-corrected chi connectivity index (χ1v) is 5.02. The van der Waals surface area contributed by atoms with Crippen molar-refractivity contribution in [2.45, 2.75) is 33.4 Å². The van der Waals surface area contributed by atoms with Gasteiger partial charge in [0, 0.05) is 31.0 Å². The molecule has 0 unspecified atom stereocenters. The topological polar surface area (TPSA) is 37.2 Å². The van der Waals surface area contributed by atoms with Gasteiger partial charge in [-0.15, -0.1) is 0 Å². The van der Waals surface area contributed by atoms with E-state index in [1.807, 2.05) is 6.92 Å². The van der Waals surface area contributed by atoms with Gasteiger partial charge < -0.3 is 15.0 Å². The number of rotatable bonds is 4. The number of aliphatic hydroxyl groups is 1.